The van der Waals surface area contributed by atoms with Crippen molar-refractivity contribution in [2.75, 3.05) is 6.61 Å². The van der Waals surface area contributed by atoms with Crippen LogP contribution in [0.1, 0.15) is 28.3 Å². The van der Waals surface area contributed by atoms with Gasteiger partial charge >= 0.3 is 0 Å². The van der Waals surface area contributed by atoms with Gasteiger partial charge in [-0.2, -0.15) is 5.26 Å². The Kier molecular flexibility index (Phi) is 4.83. The van der Waals surface area contributed by atoms with Crippen LogP contribution in [-0.2, 0) is 6.54 Å². The zero-order chi connectivity index (χ0) is 22.2. The summed E-state index contributed by atoms with van der Waals surface area (Å²) in [5.74, 6) is 1.00. The summed E-state index contributed by atoms with van der Waals surface area (Å²) < 4.78 is 13.7. The Morgan fingerprint density at radius 3 is 2.75 bits per heavy atom. The molecule has 7 heteroatoms. The van der Waals surface area contributed by atoms with Gasteiger partial charge in [-0.3, -0.25) is 5.10 Å². The van der Waals surface area contributed by atoms with Crippen LogP contribution in [0.2, 0.25) is 0 Å². The summed E-state index contributed by atoms with van der Waals surface area (Å²) in [5, 5.41) is 18.1. The molecule has 0 fully saturated rings. The van der Waals surface area contributed by atoms with Crippen LogP contribution in [0.15, 0.2) is 66.2 Å². The number of benzene rings is 2. The van der Waals surface area contributed by atoms with Gasteiger partial charge in [0, 0.05) is 28.4 Å². The lowest BCUT2D eigenvalue weighted by Crippen LogP contribution is -2.21. The Balaban J connectivity index is 1.53. The van der Waals surface area contributed by atoms with E-state index >= 15 is 0 Å². The van der Waals surface area contributed by atoms with Crippen LogP contribution >= 0.6 is 0 Å². The summed E-state index contributed by atoms with van der Waals surface area (Å²) in [6.45, 7) is 5.16. The molecular formula is C25H23N5O2. The number of hydrogen-bond donors (Lipinski definition) is 2. The van der Waals surface area contributed by atoms with E-state index in [2.05, 4.69) is 46.1 Å². The molecule has 1 aliphatic rings. The number of fused-ring (bicyclic) bond motifs is 2. The molecule has 5 rings (SSSR count). The van der Waals surface area contributed by atoms with Crippen LogP contribution in [0.5, 0.6) is 11.6 Å². The molecule has 3 heterocycles. The van der Waals surface area contributed by atoms with E-state index in [1.54, 1.807) is 0 Å². The molecule has 2 aromatic carbocycles. The number of aromatic nitrogens is 3. The van der Waals surface area contributed by atoms with Crippen molar-refractivity contribution in [3.8, 4) is 17.7 Å². The molecule has 0 saturated carbocycles. The highest BCUT2D eigenvalue weighted by Crippen LogP contribution is 2.45. The van der Waals surface area contributed by atoms with E-state index in [1.165, 1.54) is 5.56 Å². The molecule has 32 heavy (non-hydrogen) atoms. The molecule has 0 saturated heterocycles. The van der Waals surface area contributed by atoms with E-state index in [9.17, 15) is 5.26 Å². The molecule has 0 unspecified atom stereocenters. The van der Waals surface area contributed by atoms with Crippen molar-refractivity contribution >= 4 is 10.9 Å². The van der Waals surface area contributed by atoms with Gasteiger partial charge in [0.15, 0.2) is 0 Å². The molecule has 3 N–H and O–H groups in total. The van der Waals surface area contributed by atoms with Crippen molar-refractivity contribution in [3.63, 3.8) is 0 Å². The lowest BCUT2D eigenvalue weighted by Gasteiger charge is -2.23. The van der Waals surface area contributed by atoms with Crippen molar-refractivity contribution in [2.24, 2.45) is 5.73 Å². The molecule has 0 spiro atoms. The van der Waals surface area contributed by atoms with Crippen molar-refractivity contribution in [3.05, 3.63) is 88.6 Å². The van der Waals surface area contributed by atoms with Gasteiger partial charge in [0.1, 0.15) is 24.0 Å². The minimum Gasteiger partial charge on any atom is -0.492 e. The van der Waals surface area contributed by atoms with Gasteiger partial charge in [0.25, 0.3) is 0 Å². The first-order chi connectivity index (χ1) is 15.6. The fraction of sp³-hybridized carbons (Fsp3) is 0.200. The third-order valence-corrected chi connectivity index (χ3v) is 5.88. The first kappa shape index (κ1) is 19.8. The first-order valence-corrected chi connectivity index (χ1v) is 10.5. The number of nitrogens with one attached hydrogen (secondary N) is 1. The van der Waals surface area contributed by atoms with Gasteiger partial charge in [-0.25, -0.2) is 0 Å². The van der Waals surface area contributed by atoms with Crippen LogP contribution in [-0.4, -0.2) is 21.4 Å². The predicted molar refractivity (Wildman–Crippen MR) is 121 cm³/mol. The maximum absolute atomic E-state index is 9.89. The van der Waals surface area contributed by atoms with Crippen LogP contribution in [0.4, 0.5) is 0 Å². The summed E-state index contributed by atoms with van der Waals surface area (Å²) in [5.41, 5.74) is 11.4. The normalized spacial score (nSPS) is 15.3. The van der Waals surface area contributed by atoms with Crippen LogP contribution < -0.4 is 15.2 Å². The second kappa shape index (κ2) is 7.82. The minimum absolute atomic E-state index is 0.0936. The first-order valence-electron chi connectivity index (χ1n) is 10.5. The standard InChI is InChI=1S/C25H23N5O2/c1-15-7-9-17(10-8-15)31-12-11-30-14-20(18-5-3-4-6-21(18)30)23-19(13-26)24(27)32-25-22(23)16(2)28-29-25/h3-10,14,23H,11-12,27H2,1-2H3,(H,28,29)/t23-/m0/s1. The fourth-order valence-corrected chi connectivity index (χ4v) is 4.30. The lowest BCUT2D eigenvalue weighted by atomic mass is 9.84. The molecule has 160 valence electrons. The van der Waals surface area contributed by atoms with Gasteiger partial charge in [-0.05, 0) is 37.6 Å². The van der Waals surface area contributed by atoms with E-state index in [0.29, 0.717) is 24.6 Å². The van der Waals surface area contributed by atoms with E-state index in [1.807, 2.05) is 43.3 Å². The van der Waals surface area contributed by atoms with E-state index in [0.717, 1.165) is 33.5 Å². The Labute approximate surface area is 185 Å². The molecule has 7 nitrogen and oxygen atoms in total. The second-order valence-electron chi connectivity index (χ2n) is 7.95. The van der Waals surface area contributed by atoms with E-state index in [-0.39, 0.29) is 11.8 Å². The number of nitrogens with zero attached hydrogens (tertiary/aromatic N) is 3. The summed E-state index contributed by atoms with van der Waals surface area (Å²) in [7, 11) is 0. The molecule has 1 atom stereocenters. The molecule has 0 aliphatic carbocycles. The smallest absolute Gasteiger partial charge is 0.244 e. The number of H-pyrrole nitrogens is 1. The fourth-order valence-electron chi connectivity index (χ4n) is 4.30. The average Bonchev–Trinajstić information content (AvgIpc) is 3.35. The van der Waals surface area contributed by atoms with E-state index in [4.69, 9.17) is 15.2 Å². The molecular weight excluding hydrogens is 402 g/mol. The Morgan fingerprint density at radius 1 is 1.19 bits per heavy atom. The number of para-hydroxylation sites is 1. The van der Waals surface area contributed by atoms with Crippen molar-refractivity contribution in [2.45, 2.75) is 26.3 Å². The highest BCUT2D eigenvalue weighted by Gasteiger charge is 2.35. The van der Waals surface area contributed by atoms with Crippen LogP contribution in [0.3, 0.4) is 0 Å². The number of ether oxygens (including phenoxy) is 2. The molecule has 4 aromatic rings. The number of allylic oxidation sites excluding steroid dienone is 1. The number of hydrogen-bond acceptors (Lipinski definition) is 5. The van der Waals surface area contributed by atoms with Crippen LogP contribution in [0, 0.1) is 25.2 Å². The predicted octanol–water partition coefficient (Wildman–Crippen LogP) is 4.28. The van der Waals surface area contributed by atoms with Gasteiger partial charge in [0.05, 0.1) is 12.5 Å². The third-order valence-electron chi connectivity index (χ3n) is 5.88. The largest absolute Gasteiger partial charge is 0.492 e. The average molecular weight is 425 g/mol. The second-order valence-corrected chi connectivity index (χ2v) is 7.95. The summed E-state index contributed by atoms with van der Waals surface area (Å²) >= 11 is 0. The molecule has 2 aromatic heterocycles. The van der Waals surface area contributed by atoms with Crippen molar-refractivity contribution < 1.29 is 9.47 Å². The summed E-state index contributed by atoms with van der Waals surface area (Å²) in [6, 6.07) is 18.4. The molecule has 0 radical (unpaired) electrons. The zero-order valence-electron chi connectivity index (χ0n) is 17.9. The Hall–Kier alpha value is -4.18. The van der Waals surface area contributed by atoms with Gasteiger partial charge in [-0.15, -0.1) is 5.10 Å². The maximum Gasteiger partial charge on any atom is 0.244 e. The number of nitrogens with two attached hydrogens (primary N) is 1. The van der Waals surface area contributed by atoms with Gasteiger partial charge < -0.3 is 19.8 Å². The lowest BCUT2D eigenvalue weighted by molar-refractivity contribution is 0.300. The van der Waals surface area contributed by atoms with E-state index < -0.39 is 0 Å². The maximum atomic E-state index is 9.89. The topological polar surface area (TPSA) is 102 Å². The minimum atomic E-state index is -0.355. The van der Waals surface area contributed by atoms with Gasteiger partial charge in [-0.1, -0.05) is 35.9 Å². The SMILES string of the molecule is Cc1ccc(OCCn2cc([C@@H]3C(C#N)=C(N)Oc4n[nH]c(C)c43)c3ccccc32)cc1. The molecule has 0 amide bonds. The Morgan fingerprint density at radius 2 is 1.97 bits per heavy atom. The third kappa shape index (κ3) is 3.26. The molecule has 0 bridgehead atoms. The quantitative estimate of drug-likeness (QED) is 0.497. The number of aryl methyl sites for hydroxylation is 2. The number of rotatable bonds is 5. The summed E-state index contributed by atoms with van der Waals surface area (Å²) in [4.78, 5) is 0. The molecule has 1 aliphatic heterocycles. The highest BCUT2D eigenvalue weighted by atomic mass is 16.5. The monoisotopic (exact) mass is 425 g/mol. The highest BCUT2D eigenvalue weighted by molar-refractivity contribution is 5.86. The van der Waals surface area contributed by atoms with Crippen molar-refractivity contribution in [1.29, 1.82) is 5.26 Å². The number of aromatic amines is 1. The van der Waals surface area contributed by atoms with Crippen molar-refractivity contribution in [1.82, 2.24) is 14.8 Å². The zero-order valence-corrected chi connectivity index (χ0v) is 17.9. The van der Waals surface area contributed by atoms with Crippen LogP contribution in [0.25, 0.3) is 10.9 Å². The van der Waals surface area contributed by atoms with Gasteiger partial charge in [0.2, 0.25) is 11.8 Å². The number of nitriles is 1. The Bertz CT molecular complexity index is 1370. The summed E-state index contributed by atoms with van der Waals surface area (Å²) in [6.07, 6.45) is 2.08.